The predicted octanol–water partition coefficient (Wildman–Crippen LogP) is 3.44. The van der Waals surface area contributed by atoms with Crippen molar-refractivity contribution in [3.63, 3.8) is 0 Å². The van der Waals surface area contributed by atoms with Gasteiger partial charge in [-0.05, 0) is 31.9 Å². The Morgan fingerprint density at radius 2 is 2.00 bits per heavy atom. The molecule has 0 saturated carbocycles. The van der Waals surface area contributed by atoms with Crippen LogP contribution in [0.1, 0.15) is 32.8 Å². The molecule has 0 spiro atoms. The van der Waals surface area contributed by atoms with Crippen molar-refractivity contribution in [3.05, 3.63) is 35.6 Å². The first-order valence-corrected chi connectivity index (χ1v) is 5.70. The van der Waals surface area contributed by atoms with Crippen LogP contribution in [0, 0.1) is 5.82 Å². The van der Waals surface area contributed by atoms with Crippen LogP contribution in [0.3, 0.4) is 0 Å². The second-order valence-electron chi connectivity index (χ2n) is 3.95. The maximum atomic E-state index is 12.8. The molecular weight excluding hydrogens is 221 g/mol. The van der Waals surface area contributed by atoms with Crippen molar-refractivity contribution < 1.29 is 14.3 Å². The normalized spacial score (nSPS) is 9.47. The molecule has 0 fully saturated rings. The van der Waals surface area contributed by atoms with Crippen molar-refractivity contribution in [2.75, 3.05) is 0 Å². The van der Waals surface area contributed by atoms with Gasteiger partial charge in [0.05, 0.1) is 0 Å². The van der Waals surface area contributed by atoms with E-state index < -0.39 is 6.09 Å². The molecule has 1 amide bonds. The molecule has 0 atom stereocenters. The highest BCUT2D eigenvalue weighted by molar-refractivity contribution is 5.64. The van der Waals surface area contributed by atoms with E-state index in [2.05, 4.69) is 5.32 Å². The third-order valence-electron chi connectivity index (χ3n) is 1.89. The molecule has 0 saturated heterocycles. The van der Waals surface area contributed by atoms with Gasteiger partial charge in [0, 0.05) is 6.04 Å². The lowest BCUT2D eigenvalue weighted by atomic mass is 10.1. The fourth-order valence-electron chi connectivity index (χ4n) is 1.22. The largest absolute Gasteiger partial charge is 0.465 e. The molecular formula is C13H20FNO2. The lowest BCUT2D eigenvalue weighted by Gasteiger charge is -2.00. The molecule has 0 unspecified atom stereocenters. The summed E-state index contributed by atoms with van der Waals surface area (Å²) in [4.78, 5) is 9.70. The first-order valence-electron chi connectivity index (χ1n) is 5.70. The number of halogens is 1. The molecule has 0 aliphatic carbocycles. The highest BCUT2D eigenvalue weighted by Gasteiger charge is 1.96. The van der Waals surface area contributed by atoms with Gasteiger partial charge in [-0.3, -0.25) is 0 Å². The number of amides is 1. The Kier molecular flexibility index (Phi) is 7.76. The quantitative estimate of drug-likeness (QED) is 0.851. The first-order chi connectivity index (χ1) is 7.97. The van der Waals surface area contributed by atoms with E-state index >= 15 is 0 Å². The van der Waals surface area contributed by atoms with E-state index in [0.29, 0.717) is 0 Å². The van der Waals surface area contributed by atoms with Crippen molar-refractivity contribution in [1.82, 2.24) is 5.32 Å². The minimum absolute atomic E-state index is 0.0255. The van der Waals surface area contributed by atoms with Crippen molar-refractivity contribution in [3.8, 4) is 0 Å². The number of carbonyl (C=O) groups is 1. The second-order valence-corrected chi connectivity index (χ2v) is 3.95. The van der Waals surface area contributed by atoms with Gasteiger partial charge >= 0.3 is 6.09 Å². The summed E-state index contributed by atoms with van der Waals surface area (Å²) in [5, 5.41) is 10.2. The topological polar surface area (TPSA) is 49.3 Å². The Balaban J connectivity index is 0.000000325. The van der Waals surface area contributed by atoms with Crippen LogP contribution in [-0.4, -0.2) is 17.2 Å². The molecule has 0 radical (unpaired) electrons. The summed E-state index contributed by atoms with van der Waals surface area (Å²) in [6, 6.07) is 6.95. The van der Waals surface area contributed by atoms with Crippen LogP contribution in [0.4, 0.5) is 9.18 Å². The van der Waals surface area contributed by atoms with Crippen LogP contribution in [-0.2, 0) is 6.42 Å². The van der Waals surface area contributed by atoms with Crippen molar-refractivity contribution in [2.45, 2.75) is 39.7 Å². The molecule has 1 rings (SSSR count). The van der Waals surface area contributed by atoms with Gasteiger partial charge in [-0.2, -0.15) is 0 Å². The average molecular weight is 241 g/mol. The lowest BCUT2D eigenvalue weighted by Crippen LogP contribution is -2.27. The van der Waals surface area contributed by atoms with Crippen LogP contribution in [0.15, 0.2) is 24.3 Å². The zero-order valence-corrected chi connectivity index (χ0v) is 10.5. The molecule has 4 heteroatoms. The Bertz CT molecular complexity index is 340. The molecule has 1 aromatic carbocycles. The van der Waals surface area contributed by atoms with E-state index in [1.54, 1.807) is 19.9 Å². The van der Waals surface area contributed by atoms with Gasteiger partial charge in [0.15, 0.2) is 0 Å². The Labute approximate surface area is 102 Å². The van der Waals surface area contributed by atoms with Crippen LogP contribution in [0.5, 0.6) is 0 Å². The molecule has 17 heavy (non-hydrogen) atoms. The van der Waals surface area contributed by atoms with Crippen LogP contribution >= 0.6 is 0 Å². The summed E-state index contributed by atoms with van der Waals surface area (Å²) in [5.41, 5.74) is 0.824. The monoisotopic (exact) mass is 241 g/mol. The van der Waals surface area contributed by atoms with E-state index in [1.165, 1.54) is 6.07 Å². The predicted molar refractivity (Wildman–Crippen MR) is 66.7 cm³/mol. The summed E-state index contributed by atoms with van der Waals surface area (Å²) in [6.45, 7) is 5.59. The molecule has 3 nitrogen and oxygen atoms in total. The zero-order valence-electron chi connectivity index (χ0n) is 10.5. The van der Waals surface area contributed by atoms with Gasteiger partial charge in [0.2, 0.25) is 0 Å². The number of benzene rings is 1. The third kappa shape index (κ3) is 8.25. The first kappa shape index (κ1) is 15.4. The summed E-state index contributed by atoms with van der Waals surface area (Å²) in [7, 11) is 0. The lowest BCUT2D eigenvalue weighted by molar-refractivity contribution is 0.191. The smallest absolute Gasteiger partial charge is 0.404 e. The summed E-state index contributed by atoms with van der Waals surface area (Å²) < 4.78 is 12.8. The van der Waals surface area contributed by atoms with Gasteiger partial charge in [0.25, 0.3) is 0 Å². The standard InChI is InChI=1S/C9H11F.C4H9NO2/c1-2-5-8-6-3-4-7-9(8)10;1-3(2)5-4(6)7/h3-4,6-7H,2,5H2,1H3;3,5H,1-2H3,(H,6,7). The van der Waals surface area contributed by atoms with Gasteiger partial charge in [0.1, 0.15) is 5.82 Å². The number of hydrogen-bond donors (Lipinski definition) is 2. The molecule has 1 aromatic rings. The number of rotatable bonds is 3. The van der Waals surface area contributed by atoms with E-state index in [-0.39, 0.29) is 11.9 Å². The highest BCUT2D eigenvalue weighted by Crippen LogP contribution is 2.07. The molecule has 0 aliphatic rings. The Morgan fingerprint density at radius 3 is 2.35 bits per heavy atom. The minimum Gasteiger partial charge on any atom is -0.465 e. The van der Waals surface area contributed by atoms with Gasteiger partial charge < -0.3 is 10.4 Å². The minimum atomic E-state index is -0.963. The van der Waals surface area contributed by atoms with Crippen molar-refractivity contribution in [1.29, 1.82) is 0 Å². The highest BCUT2D eigenvalue weighted by atomic mass is 19.1. The summed E-state index contributed by atoms with van der Waals surface area (Å²) in [5.74, 6) is -0.0793. The fraction of sp³-hybridized carbons (Fsp3) is 0.462. The second kappa shape index (κ2) is 8.56. The maximum Gasteiger partial charge on any atom is 0.404 e. The molecule has 2 N–H and O–H groups in total. The van der Waals surface area contributed by atoms with Crippen LogP contribution < -0.4 is 5.32 Å². The average Bonchev–Trinajstić information content (AvgIpc) is 2.20. The van der Waals surface area contributed by atoms with Gasteiger partial charge in [-0.1, -0.05) is 31.5 Å². The van der Waals surface area contributed by atoms with Crippen molar-refractivity contribution in [2.24, 2.45) is 0 Å². The Hall–Kier alpha value is -1.58. The van der Waals surface area contributed by atoms with Crippen molar-refractivity contribution >= 4 is 6.09 Å². The van der Waals surface area contributed by atoms with E-state index in [4.69, 9.17) is 5.11 Å². The van der Waals surface area contributed by atoms with E-state index in [1.807, 2.05) is 19.1 Å². The zero-order chi connectivity index (χ0) is 13.3. The molecule has 0 aliphatic heterocycles. The van der Waals surface area contributed by atoms with Crippen LogP contribution in [0.25, 0.3) is 0 Å². The molecule has 0 heterocycles. The summed E-state index contributed by atoms with van der Waals surface area (Å²) >= 11 is 0. The SMILES string of the molecule is CC(C)NC(=O)O.CCCc1ccccc1F. The van der Waals surface area contributed by atoms with Gasteiger partial charge in [-0.15, -0.1) is 0 Å². The number of carboxylic acid groups (broad SMARTS) is 1. The number of nitrogens with one attached hydrogen (secondary N) is 1. The van der Waals surface area contributed by atoms with Gasteiger partial charge in [-0.25, -0.2) is 9.18 Å². The Morgan fingerprint density at radius 1 is 1.41 bits per heavy atom. The number of aryl methyl sites for hydroxylation is 1. The maximum absolute atomic E-state index is 12.8. The third-order valence-corrected chi connectivity index (χ3v) is 1.89. The van der Waals surface area contributed by atoms with E-state index in [9.17, 15) is 9.18 Å². The molecule has 0 bridgehead atoms. The summed E-state index contributed by atoms with van der Waals surface area (Å²) in [6.07, 6.45) is 0.878. The number of hydrogen-bond acceptors (Lipinski definition) is 1. The fourth-order valence-corrected chi connectivity index (χ4v) is 1.22. The molecule has 0 aromatic heterocycles. The molecule has 96 valence electrons. The van der Waals surface area contributed by atoms with Crippen LogP contribution in [0.2, 0.25) is 0 Å². The van der Waals surface area contributed by atoms with E-state index in [0.717, 1.165) is 18.4 Å².